The van der Waals surface area contributed by atoms with E-state index in [9.17, 15) is 27.9 Å². The number of hydrazine groups is 1. The third-order valence-electron chi connectivity index (χ3n) is 5.20. The van der Waals surface area contributed by atoms with Crippen LogP contribution in [-0.4, -0.2) is 48.7 Å². The van der Waals surface area contributed by atoms with Crippen molar-refractivity contribution < 1.29 is 27.9 Å². The summed E-state index contributed by atoms with van der Waals surface area (Å²) < 4.78 is 26.4. The molecule has 29 heavy (non-hydrogen) atoms. The molecule has 1 aliphatic carbocycles. The number of sulfonamides is 1. The first-order valence-electron chi connectivity index (χ1n) is 9.39. The molecule has 0 spiro atoms. The zero-order valence-corrected chi connectivity index (χ0v) is 16.5. The van der Waals surface area contributed by atoms with Gasteiger partial charge in [-0.2, -0.15) is 4.31 Å². The molecule has 3 N–H and O–H groups in total. The number of carboxylic acid groups (broad SMARTS) is 1. The number of rotatable bonds is 5. The zero-order chi connectivity index (χ0) is 21.0. The second kappa shape index (κ2) is 8.75. The maximum Gasteiger partial charge on any atom is 0.307 e. The number of nitrogens with zero attached hydrogens (tertiary/aromatic N) is 1. The van der Waals surface area contributed by atoms with Crippen LogP contribution in [0.2, 0.25) is 0 Å². The third kappa shape index (κ3) is 4.65. The van der Waals surface area contributed by atoms with Crippen molar-refractivity contribution in [1.82, 2.24) is 15.2 Å². The Morgan fingerprint density at radius 1 is 0.931 bits per heavy atom. The average Bonchev–Trinajstić information content (AvgIpc) is 3.27. The third-order valence-corrected chi connectivity index (χ3v) is 7.12. The second-order valence-electron chi connectivity index (χ2n) is 7.07. The van der Waals surface area contributed by atoms with Crippen LogP contribution in [0.4, 0.5) is 0 Å². The van der Waals surface area contributed by atoms with Crippen molar-refractivity contribution in [3.05, 3.63) is 42.0 Å². The van der Waals surface area contributed by atoms with Gasteiger partial charge in [0.25, 0.3) is 5.91 Å². The Morgan fingerprint density at radius 3 is 2.10 bits per heavy atom. The van der Waals surface area contributed by atoms with Crippen LogP contribution in [0.3, 0.4) is 0 Å². The van der Waals surface area contributed by atoms with Crippen LogP contribution in [-0.2, 0) is 19.6 Å². The summed E-state index contributed by atoms with van der Waals surface area (Å²) in [4.78, 5) is 35.9. The normalized spacial score (nSPS) is 22.2. The van der Waals surface area contributed by atoms with Gasteiger partial charge in [0, 0.05) is 18.7 Å². The Labute approximate surface area is 168 Å². The Hall–Kier alpha value is -2.72. The fraction of sp³-hybridized carbons (Fsp3) is 0.421. The molecule has 0 saturated carbocycles. The molecule has 0 radical (unpaired) electrons. The molecule has 1 heterocycles. The standard InChI is InChI=1S/C19H23N3O6S/c23-17(20-21-18(24)15-5-1-2-6-16(15)19(25)26)13-7-9-14(10-8-13)29(27,28)22-11-3-4-12-22/h1-2,7-10,15-16H,3-6,11-12H2,(H,20,23)(H,21,24)(H,25,26)/t15-,16+/m1/s1. The van der Waals surface area contributed by atoms with E-state index in [-0.39, 0.29) is 23.3 Å². The van der Waals surface area contributed by atoms with Gasteiger partial charge in [-0.05, 0) is 49.9 Å². The minimum atomic E-state index is -3.57. The van der Waals surface area contributed by atoms with Gasteiger partial charge >= 0.3 is 5.97 Å². The number of nitrogens with one attached hydrogen (secondary N) is 2. The van der Waals surface area contributed by atoms with Crippen LogP contribution in [0.15, 0.2) is 41.3 Å². The minimum Gasteiger partial charge on any atom is -0.481 e. The predicted molar refractivity (Wildman–Crippen MR) is 103 cm³/mol. The van der Waals surface area contributed by atoms with Gasteiger partial charge in [0.05, 0.1) is 16.7 Å². The summed E-state index contributed by atoms with van der Waals surface area (Å²) in [5.41, 5.74) is 4.69. The van der Waals surface area contributed by atoms with Crippen LogP contribution in [0.1, 0.15) is 36.0 Å². The molecular weight excluding hydrogens is 398 g/mol. The number of carbonyl (C=O) groups is 3. The van der Waals surface area contributed by atoms with E-state index in [0.717, 1.165) is 12.8 Å². The quantitative estimate of drug-likeness (QED) is 0.478. The van der Waals surface area contributed by atoms with Crippen molar-refractivity contribution in [3.63, 3.8) is 0 Å². The summed E-state index contributed by atoms with van der Waals surface area (Å²) in [5, 5.41) is 9.23. The highest BCUT2D eigenvalue weighted by Gasteiger charge is 2.34. The lowest BCUT2D eigenvalue weighted by atomic mass is 9.82. The highest BCUT2D eigenvalue weighted by Crippen LogP contribution is 2.26. The van der Waals surface area contributed by atoms with Gasteiger partial charge in [0.2, 0.25) is 15.9 Å². The molecule has 9 nitrogen and oxygen atoms in total. The highest BCUT2D eigenvalue weighted by molar-refractivity contribution is 7.89. The lowest BCUT2D eigenvalue weighted by Crippen LogP contribution is -2.47. The number of benzene rings is 1. The summed E-state index contributed by atoms with van der Waals surface area (Å²) >= 11 is 0. The first-order chi connectivity index (χ1) is 13.8. The van der Waals surface area contributed by atoms with E-state index in [1.165, 1.54) is 28.6 Å². The maximum atomic E-state index is 12.5. The van der Waals surface area contributed by atoms with Crippen molar-refractivity contribution >= 4 is 27.8 Å². The summed E-state index contributed by atoms with van der Waals surface area (Å²) in [6, 6.07) is 5.45. The van der Waals surface area contributed by atoms with Crippen molar-refractivity contribution in [2.75, 3.05) is 13.1 Å². The number of aliphatic carboxylic acids is 1. The molecule has 0 unspecified atom stereocenters. The van der Waals surface area contributed by atoms with Crippen LogP contribution in [0.5, 0.6) is 0 Å². The SMILES string of the molecule is O=C(NNC(=O)[C@@H]1CC=CC[C@@H]1C(=O)O)c1ccc(S(=O)(=O)N2CCCC2)cc1. The lowest BCUT2D eigenvalue weighted by Gasteiger charge is -2.24. The van der Waals surface area contributed by atoms with Crippen LogP contribution < -0.4 is 10.9 Å². The minimum absolute atomic E-state index is 0.110. The van der Waals surface area contributed by atoms with Crippen LogP contribution >= 0.6 is 0 Å². The van der Waals surface area contributed by atoms with E-state index in [1.54, 1.807) is 12.2 Å². The largest absolute Gasteiger partial charge is 0.481 e. The molecule has 2 amide bonds. The summed E-state index contributed by atoms with van der Waals surface area (Å²) in [6.07, 6.45) is 5.66. The average molecular weight is 421 g/mol. The van der Waals surface area contributed by atoms with Crippen LogP contribution in [0, 0.1) is 11.8 Å². The van der Waals surface area contributed by atoms with Gasteiger partial charge in [-0.15, -0.1) is 0 Å². The monoisotopic (exact) mass is 421 g/mol. The molecule has 2 atom stereocenters. The molecule has 0 aromatic heterocycles. The Morgan fingerprint density at radius 2 is 1.52 bits per heavy atom. The van der Waals surface area contributed by atoms with Crippen LogP contribution in [0.25, 0.3) is 0 Å². The molecule has 0 bridgehead atoms. The van der Waals surface area contributed by atoms with Crippen molar-refractivity contribution in [2.45, 2.75) is 30.6 Å². The number of carboxylic acids is 1. The fourth-order valence-electron chi connectivity index (χ4n) is 3.52. The van der Waals surface area contributed by atoms with Gasteiger partial charge in [0.15, 0.2) is 0 Å². The molecule has 1 saturated heterocycles. The first kappa shape index (κ1) is 21.0. The van der Waals surface area contributed by atoms with Gasteiger partial charge in [-0.25, -0.2) is 8.42 Å². The number of carbonyl (C=O) groups excluding carboxylic acids is 2. The summed E-state index contributed by atoms with van der Waals surface area (Å²) in [6.45, 7) is 0.981. The zero-order valence-electron chi connectivity index (χ0n) is 15.7. The van der Waals surface area contributed by atoms with E-state index in [2.05, 4.69) is 10.9 Å². The molecule has 10 heteroatoms. The van der Waals surface area contributed by atoms with E-state index in [1.807, 2.05) is 0 Å². The first-order valence-corrected chi connectivity index (χ1v) is 10.8. The molecule has 2 aliphatic rings. The molecule has 1 aliphatic heterocycles. The summed E-state index contributed by atoms with van der Waals surface area (Å²) in [5.74, 6) is -3.88. The molecule has 3 rings (SSSR count). The topological polar surface area (TPSA) is 133 Å². The highest BCUT2D eigenvalue weighted by atomic mass is 32.2. The predicted octanol–water partition coefficient (Wildman–Crippen LogP) is 0.899. The fourth-order valence-corrected chi connectivity index (χ4v) is 5.03. The number of allylic oxidation sites excluding steroid dienone is 2. The van der Waals surface area contributed by atoms with Gasteiger partial charge in [-0.3, -0.25) is 25.2 Å². The molecule has 1 fully saturated rings. The second-order valence-corrected chi connectivity index (χ2v) is 9.01. The van der Waals surface area contributed by atoms with Crippen molar-refractivity contribution in [2.24, 2.45) is 11.8 Å². The van der Waals surface area contributed by atoms with Gasteiger partial charge in [0.1, 0.15) is 0 Å². The van der Waals surface area contributed by atoms with Crippen molar-refractivity contribution in [1.29, 1.82) is 0 Å². The lowest BCUT2D eigenvalue weighted by molar-refractivity contribution is -0.147. The molecule has 1 aromatic rings. The Bertz CT molecular complexity index is 920. The van der Waals surface area contributed by atoms with Gasteiger partial charge in [-0.1, -0.05) is 12.2 Å². The number of amides is 2. The molecule has 156 valence electrons. The number of hydrogen-bond donors (Lipinski definition) is 3. The molecular formula is C19H23N3O6S. The van der Waals surface area contributed by atoms with E-state index in [0.29, 0.717) is 13.1 Å². The van der Waals surface area contributed by atoms with E-state index >= 15 is 0 Å². The maximum absolute atomic E-state index is 12.5. The van der Waals surface area contributed by atoms with E-state index in [4.69, 9.17) is 0 Å². The summed E-state index contributed by atoms with van der Waals surface area (Å²) in [7, 11) is -3.57. The molecule has 1 aromatic carbocycles. The number of hydrogen-bond acceptors (Lipinski definition) is 5. The van der Waals surface area contributed by atoms with E-state index < -0.39 is 39.6 Å². The van der Waals surface area contributed by atoms with Gasteiger partial charge < -0.3 is 5.11 Å². The Balaban J connectivity index is 1.60. The smallest absolute Gasteiger partial charge is 0.307 e. The van der Waals surface area contributed by atoms with Crippen molar-refractivity contribution in [3.8, 4) is 0 Å². The Kier molecular flexibility index (Phi) is 6.33.